The number of unbranched alkanes of at least 4 members (excludes halogenated alkanes) is 1. The quantitative estimate of drug-likeness (QED) is 0.258. The summed E-state index contributed by atoms with van der Waals surface area (Å²) in [5, 5.41) is 2.37. The number of ether oxygens (including phenoxy) is 1. The Morgan fingerprint density at radius 1 is 1.05 bits per heavy atom. The molecule has 5 fully saturated rings. The molecule has 7 rings (SSSR count). The van der Waals surface area contributed by atoms with Crippen molar-refractivity contribution in [1.29, 1.82) is 0 Å². The molecule has 1 unspecified atom stereocenters. The molecule has 1 aromatic carbocycles. The maximum atomic E-state index is 13.0. The fourth-order valence-electron chi connectivity index (χ4n) is 8.25. The zero-order chi connectivity index (χ0) is 26.3. The second-order valence-corrected chi connectivity index (χ2v) is 13.6. The zero-order valence-electron chi connectivity index (χ0n) is 22.6. The molecule has 6 aliphatic rings. The second-order valence-electron chi connectivity index (χ2n) is 12.4. The predicted octanol–water partition coefficient (Wildman–Crippen LogP) is 4.24. The van der Waals surface area contributed by atoms with Crippen molar-refractivity contribution in [3.63, 3.8) is 0 Å². The van der Waals surface area contributed by atoms with Crippen LogP contribution in [0.4, 0.5) is 0 Å². The van der Waals surface area contributed by atoms with E-state index in [-0.39, 0.29) is 24.1 Å². The first-order valence-electron chi connectivity index (χ1n) is 14.6. The van der Waals surface area contributed by atoms with E-state index in [0.29, 0.717) is 24.1 Å². The van der Waals surface area contributed by atoms with Crippen LogP contribution in [-0.2, 0) is 20.9 Å². The minimum absolute atomic E-state index is 0.108. The summed E-state index contributed by atoms with van der Waals surface area (Å²) in [4.78, 5) is 42.2. The Kier molecular flexibility index (Phi) is 7.58. The molecular formula is C30H41N3O4S. The van der Waals surface area contributed by atoms with Crippen molar-refractivity contribution < 1.29 is 19.1 Å². The number of thioether (sulfide) groups is 1. The highest BCUT2D eigenvalue weighted by Gasteiger charge is 2.52. The van der Waals surface area contributed by atoms with Crippen LogP contribution in [0.3, 0.4) is 0 Å². The molecule has 4 aliphatic carbocycles. The molecule has 1 atom stereocenters. The molecule has 1 saturated heterocycles. The Morgan fingerprint density at radius 2 is 1.79 bits per heavy atom. The Hall–Kier alpha value is -1.90. The lowest BCUT2D eigenvalue weighted by Gasteiger charge is -2.60. The van der Waals surface area contributed by atoms with Crippen LogP contribution >= 0.6 is 11.8 Å². The Balaban J connectivity index is 0.909. The maximum Gasteiger partial charge on any atom is 0.255 e. The van der Waals surface area contributed by atoms with Gasteiger partial charge in [-0.1, -0.05) is 6.07 Å². The zero-order valence-corrected chi connectivity index (χ0v) is 23.4. The molecule has 4 saturated carbocycles. The third kappa shape index (κ3) is 5.16. The topological polar surface area (TPSA) is 79.0 Å². The van der Waals surface area contributed by atoms with Crippen LogP contribution in [0.1, 0.15) is 80.1 Å². The number of carbonyl (C=O) groups is 3. The fourth-order valence-corrected chi connectivity index (χ4v) is 9.35. The van der Waals surface area contributed by atoms with E-state index < -0.39 is 6.04 Å². The van der Waals surface area contributed by atoms with Gasteiger partial charge in [0.25, 0.3) is 5.91 Å². The summed E-state index contributed by atoms with van der Waals surface area (Å²) in [6.07, 6.45) is 11.5. The van der Waals surface area contributed by atoms with Crippen molar-refractivity contribution in [2.75, 3.05) is 32.6 Å². The van der Waals surface area contributed by atoms with Gasteiger partial charge in [-0.05, 0) is 106 Å². The average Bonchev–Trinajstić information content (AvgIpc) is 3.21. The number of nitrogens with one attached hydrogen (secondary N) is 1. The van der Waals surface area contributed by atoms with Gasteiger partial charge in [0, 0.05) is 42.1 Å². The first-order chi connectivity index (χ1) is 18.4. The minimum atomic E-state index is -0.565. The van der Waals surface area contributed by atoms with Gasteiger partial charge < -0.3 is 9.64 Å². The molecule has 0 spiro atoms. The number of benzene rings is 1. The maximum absolute atomic E-state index is 13.0. The van der Waals surface area contributed by atoms with Crippen LogP contribution < -0.4 is 5.32 Å². The summed E-state index contributed by atoms with van der Waals surface area (Å²) in [5.74, 6) is 3.18. The van der Waals surface area contributed by atoms with E-state index in [1.807, 2.05) is 12.1 Å². The summed E-state index contributed by atoms with van der Waals surface area (Å²) >= 11 is 1.78. The van der Waals surface area contributed by atoms with Gasteiger partial charge in [0.2, 0.25) is 11.8 Å². The molecule has 2 heterocycles. The van der Waals surface area contributed by atoms with E-state index >= 15 is 0 Å². The third-order valence-electron chi connectivity index (χ3n) is 9.87. The number of carbonyl (C=O) groups excluding carboxylic acids is 3. The summed E-state index contributed by atoms with van der Waals surface area (Å²) < 4.78 is 6.04. The van der Waals surface area contributed by atoms with Crippen molar-refractivity contribution in [3.8, 4) is 0 Å². The lowest BCUT2D eigenvalue weighted by molar-refractivity contribution is -0.136. The number of piperidine rings is 1. The number of likely N-dealkylation sites (N-methyl/N-ethyl adjacent to an activating group) is 1. The lowest BCUT2D eigenvalue weighted by atomic mass is 9.52. The standard InChI is InChI=1S/C30H41N3O4S/c1-32(30-16-20-13-21(17-30)15-22(14-20)18-30)9-11-37-10-2-3-12-38-26-6-4-5-23-24(26)19-33(29(23)36)25-7-8-27(34)31-28(25)35/h4-6,20-22,25H,2-3,7-19H2,1H3,(H,31,34,35). The average molecular weight is 540 g/mol. The van der Waals surface area contributed by atoms with Crippen molar-refractivity contribution in [2.45, 2.75) is 87.2 Å². The van der Waals surface area contributed by atoms with Crippen LogP contribution in [-0.4, -0.2) is 71.7 Å². The summed E-state index contributed by atoms with van der Waals surface area (Å²) in [6.45, 7) is 3.08. The molecule has 3 amide bonds. The van der Waals surface area contributed by atoms with Gasteiger partial charge >= 0.3 is 0 Å². The molecule has 1 N–H and O–H groups in total. The van der Waals surface area contributed by atoms with Gasteiger partial charge in [-0.2, -0.15) is 0 Å². The Bertz CT molecular complexity index is 1060. The van der Waals surface area contributed by atoms with E-state index in [1.54, 1.807) is 16.7 Å². The van der Waals surface area contributed by atoms with Gasteiger partial charge in [0.15, 0.2) is 0 Å². The number of amides is 3. The monoisotopic (exact) mass is 539 g/mol. The Labute approximate surface area is 230 Å². The van der Waals surface area contributed by atoms with Crippen molar-refractivity contribution in [2.24, 2.45) is 17.8 Å². The van der Waals surface area contributed by atoms with Crippen molar-refractivity contribution >= 4 is 29.5 Å². The first-order valence-corrected chi connectivity index (χ1v) is 15.6. The van der Waals surface area contributed by atoms with Crippen LogP contribution in [0.25, 0.3) is 0 Å². The molecule has 0 aromatic heterocycles. The molecule has 1 aromatic rings. The molecule has 38 heavy (non-hydrogen) atoms. The van der Waals surface area contributed by atoms with Gasteiger partial charge in [0.05, 0.1) is 6.61 Å². The summed E-state index contributed by atoms with van der Waals surface area (Å²) in [7, 11) is 2.33. The van der Waals surface area contributed by atoms with Crippen LogP contribution in [0.2, 0.25) is 0 Å². The number of nitrogens with zero attached hydrogens (tertiary/aromatic N) is 2. The SMILES string of the molecule is CN(CCOCCCCSc1cccc2c1CN(C1CCC(=O)NC1=O)C2=O)C12CC3CC(CC(C3)C1)C2. The Morgan fingerprint density at radius 3 is 2.50 bits per heavy atom. The normalized spacial score (nSPS) is 31.8. The van der Waals surface area contributed by atoms with E-state index in [2.05, 4.69) is 23.3 Å². The molecule has 8 heteroatoms. The molecule has 7 nitrogen and oxygen atoms in total. The third-order valence-corrected chi connectivity index (χ3v) is 11.1. The molecule has 2 aliphatic heterocycles. The number of fused-ring (bicyclic) bond motifs is 1. The molecule has 0 radical (unpaired) electrons. The summed E-state index contributed by atoms with van der Waals surface area (Å²) in [6, 6.07) is 5.28. The lowest BCUT2D eigenvalue weighted by Crippen LogP contribution is -2.59. The van der Waals surface area contributed by atoms with Gasteiger partial charge in [-0.25, -0.2) is 0 Å². The second kappa shape index (κ2) is 10.9. The van der Waals surface area contributed by atoms with E-state index in [0.717, 1.165) is 66.6 Å². The van der Waals surface area contributed by atoms with Gasteiger partial charge in [-0.3, -0.25) is 24.6 Å². The predicted molar refractivity (Wildman–Crippen MR) is 147 cm³/mol. The van der Waals surface area contributed by atoms with Crippen LogP contribution in [0.5, 0.6) is 0 Å². The highest BCUT2D eigenvalue weighted by Crippen LogP contribution is 2.57. The number of hydrogen-bond acceptors (Lipinski definition) is 6. The highest BCUT2D eigenvalue weighted by atomic mass is 32.2. The van der Waals surface area contributed by atoms with Crippen LogP contribution in [0.15, 0.2) is 23.1 Å². The van der Waals surface area contributed by atoms with Gasteiger partial charge in [-0.15, -0.1) is 11.8 Å². The highest BCUT2D eigenvalue weighted by molar-refractivity contribution is 7.99. The number of imide groups is 1. The van der Waals surface area contributed by atoms with Gasteiger partial charge in [0.1, 0.15) is 6.04 Å². The van der Waals surface area contributed by atoms with Crippen molar-refractivity contribution in [3.05, 3.63) is 29.3 Å². The minimum Gasteiger partial charge on any atom is -0.380 e. The van der Waals surface area contributed by atoms with Crippen LogP contribution in [0, 0.1) is 17.8 Å². The van der Waals surface area contributed by atoms with Crippen molar-refractivity contribution in [1.82, 2.24) is 15.1 Å². The molecule has 4 bridgehead atoms. The smallest absolute Gasteiger partial charge is 0.255 e. The number of hydrogen-bond donors (Lipinski definition) is 1. The molecule has 206 valence electrons. The molecular weight excluding hydrogens is 498 g/mol. The largest absolute Gasteiger partial charge is 0.380 e. The first kappa shape index (κ1) is 26.3. The van der Waals surface area contributed by atoms with E-state index in [1.165, 1.54) is 38.5 Å². The van der Waals surface area contributed by atoms with E-state index in [9.17, 15) is 14.4 Å². The van der Waals surface area contributed by atoms with E-state index in [4.69, 9.17) is 4.74 Å². The number of rotatable bonds is 11. The fraction of sp³-hybridized carbons (Fsp3) is 0.700. The summed E-state index contributed by atoms with van der Waals surface area (Å²) in [5.41, 5.74) is 2.15.